The normalized spacial score (nSPS) is 17.1. The molecule has 3 rings (SSSR count). The number of nitrogens with two attached hydrogens (primary N) is 1. The highest BCUT2D eigenvalue weighted by molar-refractivity contribution is 6.03. The number of ether oxygens (including phenoxy) is 1. The van der Waals surface area contributed by atoms with E-state index in [0.717, 1.165) is 11.3 Å². The number of nitrogens with zero attached hydrogens (tertiary/aromatic N) is 2. The van der Waals surface area contributed by atoms with Crippen LogP contribution in [0.15, 0.2) is 29.4 Å². The number of likely N-dealkylation sites (tertiary alicyclic amines) is 1. The van der Waals surface area contributed by atoms with Crippen molar-refractivity contribution in [2.75, 3.05) is 19.7 Å². The number of benzene rings is 1. The molecular formula is C20H27ClN4O4. The van der Waals surface area contributed by atoms with Crippen molar-refractivity contribution in [2.24, 2.45) is 10.9 Å². The van der Waals surface area contributed by atoms with Gasteiger partial charge in [-0.25, -0.2) is 0 Å². The van der Waals surface area contributed by atoms with Crippen LogP contribution in [0.25, 0.3) is 0 Å². The highest BCUT2D eigenvalue weighted by Gasteiger charge is 2.43. The van der Waals surface area contributed by atoms with E-state index in [9.17, 15) is 9.59 Å². The molecule has 9 heteroatoms. The van der Waals surface area contributed by atoms with E-state index in [1.165, 1.54) is 0 Å². The summed E-state index contributed by atoms with van der Waals surface area (Å²) in [4.78, 5) is 31.3. The molecule has 1 aromatic carbocycles. The zero-order chi connectivity index (χ0) is 20.1. The Balaban J connectivity index is 0.00000300. The Morgan fingerprint density at radius 3 is 2.48 bits per heavy atom. The maximum atomic E-state index is 12.3. The monoisotopic (exact) mass is 422 g/mol. The average molecular weight is 423 g/mol. The Morgan fingerprint density at radius 2 is 1.90 bits per heavy atom. The van der Waals surface area contributed by atoms with E-state index >= 15 is 0 Å². The van der Waals surface area contributed by atoms with Crippen LogP contribution in [0, 0.1) is 5.41 Å². The van der Waals surface area contributed by atoms with Gasteiger partial charge in [-0.15, -0.1) is 12.4 Å². The van der Waals surface area contributed by atoms with Crippen LogP contribution in [0.3, 0.4) is 0 Å². The molecule has 2 aliphatic heterocycles. The van der Waals surface area contributed by atoms with E-state index < -0.39 is 0 Å². The maximum Gasteiger partial charge on any atom is 0.306 e. The average Bonchev–Trinajstić information content (AvgIpc) is 3.10. The molecular weight excluding hydrogens is 396 g/mol. The van der Waals surface area contributed by atoms with E-state index in [2.05, 4.69) is 5.16 Å². The van der Waals surface area contributed by atoms with Gasteiger partial charge in [0.15, 0.2) is 0 Å². The first-order chi connectivity index (χ1) is 13.4. The Hall–Kier alpha value is -2.61. The van der Waals surface area contributed by atoms with Gasteiger partial charge in [-0.1, -0.05) is 29.4 Å². The van der Waals surface area contributed by atoms with Crippen molar-refractivity contribution < 1.29 is 19.2 Å². The molecule has 8 nitrogen and oxygen atoms in total. The molecule has 0 unspecified atom stereocenters. The Labute approximate surface area is 176 Å². The van der Waals surface area contributed by atoms with Crippen LogP contribution < -0.4 is 5.73 Å². The molecule has 158 valence electrons. The third-order valence-corrected chi connectivity index (χ3v) is 5.24. The summed E-state index contributed by atoms with van der Waals surface area (Å²) in [6, 6.07) is 7.39. The minimum atomic E-state index is -0.369. The molecule has 0 bridgehead atoms. The largest absolute Gasteiger partial charge is 0.466 e. The van der Waals surface area contributed by atoms with E-state index in [1.807, 2.05) is 12.1 Å². The Bertz CT molecular complexity index is 786. The fourth-order valence-electron chi connectivity index (χ4n) is 3.55. The number of carbonyl (C=O) groups excluding carboxylic acids is 2. The van der Waals surface area contributed by atoms with E-state index in [-0.39, 0.29) is 48.6 Å². The topological polar surface area (TPSA) is 118 Å². The van der Waals surface area contributed by atoms with Crippen LogP contribution >= 0.6 is 12.4 Å². The second-order valence-electron chi connectivity index (χ2n) is 7.17. The van der Waals surface area contributed by atoms with Gasteiger partial charge in [0, 0.05) is 44.3 Å². The summed E-state index contributed by atoms with van der Waals surface area (Å²) in [5.74, 6) is -0.327. The summed E-state index contributed by atoms with van der Waals surface area (Å²) in [6.45, 7) is 3.26. The Morgan fingerprint density at radius 1 is 1.24 bits per heavy atom. The molecule has 0 aliphatic carbocycles. The van der Waals surface area contributed by atoms with Gasteiger partial charge in [0.2, 0.25) is 5.91 Å². The van der Waals surface area contributed by atoms with Crippen molar-refractivity contribution >= 4 is 35.8 Å². The first kappa shape index (κ1) is 22.7. The number of oxime groups is 1. The molecule has 1 spiro atoms. The van der Waals surface area contributed by atoms with Crippen molar-refractivity contribution in [1.29, 1.82) is 5.41 Å². The number of nitrogens with one attached hydrogen (secondary N) is 1. The van der Waals surface area contributed by atoms with E-state index in [0.29, 0.717) is 44.5 Å². The zero-order valence-electron chi connectivity index (χ0n) is 16.5. The molecule has 0 atom stereocenters. The van der Waals surface area contributed by atoms with Gasteiger partial charge in [-0.2, -0.15) is 0 Å². The van der Waals surface area contributed by atoms with Crippen LogP contribution in [0.2, 0.25) is 0 Å². The van der Waals surface area contributed by atoms with Crippen LogP contribution in [-0.4, -0.2) is 53.6 Å². The van der Waals surface area contributed by atoms with Crippen molar-refractivity contribution in [1.82, 2.24) is 4.90 Å². The number of rotatable bonds is 6. The SMILES string of the molecule is CCOC(=O)CCC(=O)N1CCC2(CC1)CC(c1ccc(C(=N)N)cc1)=NO2.Cl. The lowest BCUT2D eigenvalue weighted by molar-refractivity contribution is -0.147. The lowest BCUT2D eigenvalue weighted by atomic mass is 9.85. The molecule has 2 heterocycles. The smallest absolute Gasteiger partial charge is 0.306 e. The number of amides is 1. The summed E-state index contributed by atoms with van der Waals surface area (Å²) >= 11 is 0. The molecule has 2 aliphatic rings. The fourth-order valence-corrected chi connectivity index (χ4v) is 3.55. The number of piperidine rings is 1. The van der Waals surface area contributed by atoms with Crippen LogP contribution in [0.5, 0.6) is 0 Å². The number of esters is 1. The van der Waals surface area contributed by atoms with Crippen molar-refractivity contribution in [3.05, 3.63) is 35.4 Å². The Kier molecular flexibility index (Phi) is 7.61. The summed E-state index contributed by atoms with van der Waals surface area (Å²) in [7, 11) is 0. The molecule has 1 amide bonds. The second-order valence-corrected chi connectivity index (χ2v) is 7.17. The molecule has 0 aromatic heterocycles. The number of nitrogen functional groups attached to an aromatic ring is 1. The predicted molar refractivity (Wildman–Crippen MR) is 111 cm³/mol. The molecule has 29 heavy (non-hydrogen) atoms. The summed E-state index contributed by atoms with van der Waals surface area (Å²) < 4.78 is 4.87. The van der Waals surface area contributed by atoms with Crippen molar-refractivity contribution in [2.45, 2.75) is 44.6 Å². The summed E-state index contributed by atoms with van der Waals surface area (Å²) in [5.41, 5.74) is 7.62. The first-order valence-electron chi connectivity index (χ1n) is 9.56. The maximum absolute atomic E-state index is 12.3. The van der Waals surface area contributed by atoms with Crippen LogP contribution in [0.1, 0.15) is 50.2 Å². The van der Waals surface area contributed by atoms with Gasteiger partial charge in [-0.05, 0) is 12.5 Å². The summed E-state index contributed by atoms with van der Waals surface area (Å²) in [6.07, 6.45) is 2.40. The van der Waals surface area contributed by atoms with Gasteiger partial charge in [0.05, 0.1) is 18.7 Å². The summed E-state index contributed by atoms with van der Waals surface area (Å²) in [5, 5.41) is 11.7. The molecule has 0 saturated carbocycles. The fraction of sp³-hybridized carbons (Fsp3) is 0.500. The molecule has 1 aromatic rings. The first-order valence-corrected chi connectivity index (χ1v) is 9.56. The van der Waals surface area contributed by atoms with Gasteiger partial charge in [-0.3, -0.25) is 15.0 Å². The number of amidine groups is 1. The standard InChI is InChI=1S/C20H26N4O4.ClH/c1-2-27-18(26)8-7-17(25)24-11-9-20(10-12-24)13-16(23-28-20)14-3-5-15(6-4-14)19(21)22;/h3-6H,2,7-13H2,1H3,(H3,21,22);1H. The van der Waals surface area contributed by atoms with Crippen LogP contribution in [0.4, 0.5) is 0 Å². The van der Waals surface area contributed by atoms with E-state index in [4.69, 9.17) is 20.7 Å². The molecule has 3 N–H and O–H groups in total. The highest BCUT2D eigenvalue weighted by Crippen LogP contribution is 2.36. The van der Waals surface area contributed by atoms with Crippen LogP contribution in [-0.2, 0) is 19.2 Å². The lowest BCUT2D eigenvalue weighted by Crippen LogP contribution is -2.46. The van der Waals surface area contributed by atoms with Gasteiger partial charge in [0.1, 0.15) is 11.4 Å². The zero-order valence-corrected chi connectivity index (χ0v) is 17.3. The third kappa shape index (κ3) is 5.47. The highest BCUT2D eigenvalue weighted by atomic mass is 35.5. The lowest BCUT2D eigenvalue weighted by Gasteiger charge is -2.37. The van der Waals surface area contributed by atoms with Gasteiger partial charge < -0.3 is 20.2 Å². The third-order valence-electron chi connectivity index (χ3n) is 5.24. The van der Waals surface area contributed by atoms with Crippen molar-refractivity contribution in [3.63, 3.8) is 0 Å². The number of hydrogen-bond donors (Lipinski definition) is 2. The number of hydrogen-bond acceptors (Lipinski definition) is 6. The molecule has 1 fully saturated rings. The second kappa shape index (κ2) is 9.73. The number of carbonyl (C=O) groups is 2. The van der Waals surface area contributed by atoms with Gasteiger partial charge in [0.25, 0.3) is 0 Å². The predicted octanol–water partition coefficient (Wildman–Crippen LogP) is 2.22. The minimum absolute atomic E-state index is 0. The quantitative estimate of drug-likeness (QED) is 0.414. The van der Waals surface area contributed by atoms with Gasteiger partial charge >= 0.3 is 5.97 Å². The molecule has 0 radical (unpaired) electrons. The van der Waals surface area contributed by atoms with Crippen molar-refractivity contribution in [3.8, 4) is 0 Å². The minimum Gasteiger partial charge on any atom is -0.466 e. The number of halogens is 1. The van der Waals surface area contributed by atoms with E-state index in [1.54, 1.807) is 24.0 Å². The molecule has 1 saturated heterocycles.